The number of benzene rings is 2. The topological polar surface area (TPSA) is 55.9 Å². The predicted molar refractivity (Wildman–Crippen MR) is 139 cm³/mol. The van der Waals surface area contributed by atoms with E-state index in [2.05, 4.69) is 34.3 Å². The number of thioether (sulfide) groups is 1. The molecule has 2 amide bonds. The zero-order valence-corrected chi connectivity index (χ0v) is 20.9. The summed E-state index contributed by atoms with van der Waals surface area (Å²) in [7, 11) is 2.16. The van der Waals surface area contributed by atoms with Crippen LogP contribution in [0.5, 0.6) is 0 Å². The number of carbonyl (C=O) groups is 2. The summed E-state index contributed by atoms with van der Waals surface area (Å²) >= 11 is 1.69. The molecule has 2 heterocycles. The Bertz CT molecular complexity index is 1020. The van der Waals surface area contributed by atoms with Crippen LogP contribution in [0.1, 0.15) is 29.6 Å². The van der Waals surface area contributed by atoms with Gasteiger partial charge in [0.1, 0.15) is 0 Å². The summed E-state index contributed by atoms with van der Waals surface area (Å²) in [6.45, 7) is 5.64. The highest BCUT2D eigenvalue weighted by molar-refractivity contribution is 7.98. The lowest BCUT2D eigenvalue weighted by Crippen LogP contribution is -2.44. The lowest BCUT2D eigenvalue weighted by Gasteiger charge is -2.34. The number of nitrogens with zero attached hydrogens (tertiary/aromatic N) is 3. The zero-order chi connectivity index (χ0) is 23.7. The molecule has 1 aliphatic carbocycles. The number of rotatable bonds is 5. The molecule has 5 rings (SSSR count). The first kappa shape index (κ1) is 23.2. The molecule has 1 saturated carbocycles. The third-order valence-electron chi connectivity index (χ3n) is 7.89. The van der Waals surface area contributed by atoms with Crippen molar-refractivity contribution in [2.45, 2.75) is 24.2 Å². The smallest absolute Gasteiger partial charge is 0.253 e. The van der Waals surface area contributed by atoms with Crippen molar-refractivity contribution in [2.75, 3.05) is 62.8 Å². The molecule has 2 aromatic rings. The van der Waals surface area contributed by atoms with E-state index in [1.807, 2.05) is 47.6 Å². The Hall–Kier alpha value is -2.51. The number of likely N-dealkylation sites (tertiary alicyclic amines) is 1. The van der Waals surface area contributed by atoms with Gasteiger partial charge < -0.3 is 20.0 Å². The maximum Gasteiger partial charge on any atom is 0.253 e. The van der Waals surface area contributed by atoms with Gasteiger partial charge in [0.15, 0.2) is 0 Å². The Balaban J connectivity index is 1.12. The quantitative estimate of drug-likeness (QED) is 0.658. The van der Waals surface area contributed by atoms with Crippen LogP contribution in [-0.2, 0) is 4.79 Å². The Morgan fingerprint density at radius 3 is 2.18 bits per heavy atom. The van der Waals surface area contributed by atoms with Gasteiger partial charge in [0.05, 0.1) is 0 Å². The third kappa shape index (κ3) is 4.82. The molecule has 0 unspecified atom stereocenters. The Kier molecular flexibility index (Phi) is 6.58. The Morgan fingerprint density at radius 1 is 0.912 bits per heavy atom. The molecular formula is C27H34N4O2S. The lowest BCUT2D eigenvalue weighted by molar-refractivity contribution is -0.118. The first-order valence-corrected chi connectivity index (χ1v) is 13.5. The fourth-order valence-corrected chi connectivity index (χ4v) is 5.80. The first-order valence-electron chi connectivity index (χ1n) is 12.3. The van der Waals surface area contributed by atoms with Crippen molar-refractivity contribution in [1.82, 2.24) is 9.80 Å². The normalized spacial score (nSPS) is 22.0. The minimum absolute atomic E-state index is 0.0628. The fraction of sp³-hybridized carbons (Fsp3) is 0.481. The molecule has 1 spiro atoms. The van der Waals surface area contributed by atoms with Gasteiger partial charge in [0.2, 0.25) is 5.91 Å². The zero-order valence-electron chi connectivity index (χ0n) is 20.1. The van der Waals surface area contributed by atoms with E-state index in [1.165, 1.54) is 10.6 Å². The number of hydrogen-bond donors (Lipinski definition) is 1. The van der Waals surface area contributed by atoms with E-state index < -0.39 is 0 Å². The van der Waals surface area contributed by atoms with E-state index in [-0.39, 0.29) is 23.1 Å². The Morgan fingerprint density at radius 2 is 1.56 bits per heavy atom. The van der Waals surface area contributed by atoms with Gasteiger partial charge >= 0.3 is 0 Å². The summed E-state index contributed by atoms with van der Waals surface area (Å²) in [4.78, 5) is 33.8. The van der Waals surface area contributed by atoms with Crippen LogP contribution in [0.25, 0.3) is 0 Å². The molecule has 2 aromatic carbocycles. The van der Waals surface area contributed by atoms with Crippen molar-refractivity contribution in [3.8, 4) is 0 Å². The first-order chi connectivity index (χ1) is 16.5. The molecule has 0 bridgehead atoms. The molecular weight excluding hydrogens is 444 g/mol. The number of amides is 2. The number of carbonyl (C=O) groups excluding carboxylic acids is 2. The van der Waals surface area contributed by atoms with Gasteiger partial charge in [0.25, 0.3) is 5.91 Å². The van der Waals surface area contributed by atoms with E-state index in [4.69, 9.17) is 0 Å². The lowest BCUT2D eigenvalue weighted by atomic mass is 9.90. The largest absolute Gasteiger partial charge is 0.369 e. The van der Waals surface area contributed by atoms with E-state index in [1.54, 1.807) is 11.8 Å². The van der Waals surface area contributed by atoms with Crippen LogP contribution in [0.2, 0.25) is 0 Å². The highest BCUT2D eigenvalue weighted by Crippen LogP contribution is 2.59. The van der Waals surface area contributed by atoms with Gasteiger partial charge in [-0.15, -0.1) is 11.8 Å². The van der Waals surface area contributed by atoms with Crippen molar-refractivity contribution in [3.05, 3.63) is 54.1 Å². The molecule has 0 aromatic heterocycles. The van der Waals surface area contributed by atoms with Crippen molar-refractivity contribution in [2.24, 2.45) is 11.3 Å². The van der Waals surface area contributed by atoms with Crippen molar-refractivity contribution in [1.29, 1.82) is 0 Å². The van der Waals surface area contributed by atoms with Crippen LogP contribution in [0.4, 0.5) is 11.4 Å². The minimum Gasteiger partial charge on any atom is -0.369 e. The van der Waals surface area contributed by atoms with Crippen LogP contribution in [0, 0.1) is 11.3 Å². The second kappa shape index (κ2) is 9.62. The fourth-order valence-electron chi connectivity index (χ4n) is 5.39. The maximum atomic E-state index is 13.1. The van der Waals surface area contributed by atoms with Crippen LogP contribution < -0.4 is 10.2 Å². The number of piperidine rings is 1. The summed E-state index contributed by atoms with van der Waals surface area (Å²) < 4.78 is 0. The molecule has 3 aliphatic rings. The Labute approximate surface area is 206 Å². The summed E-state index contributed by atoms with van der Waals surface area (Å²) in [5, 5.41) is 3.09. The SMILES string of the molecule is CSc1ccc(NC(=O)[C@@H]2CC23CCN(C(=O)c2ccc(N4CCN(C)CC4)cc2)CC3)cc1. The van der Waals surface area contributed by atoms with Crippen LogP contribution >= 0.6 is 11.8 Å². The van der Waals surface area contributed by atoms with Crippen LogP contribution in [-0.4, -0.2) is 74.2 Å². The van der Waals surface area contributed by atoms with Gasteiger partial charge in [0, 0.05) is 67.0 Å². The number of hydrogen-bond acceptors (Lipinski definition) is 5. The molecule has 1 atom stereocenters. The third-order valence-corrected chi connectivity index (χ3v) is 8.64. The van der Waals surface area contributed by atoms with E-state index in [9.17, 15) is 9.59 Å². The molecule has 2 saturated heterocycles. The van der Waals surface area contributed by atoms with Gasteiger partial charge in [-0.3, -0.25) is 9.59 Å². The van der Waals surface area contributed by atoms with Crippen LogP contribution in [0.15, 0.2) is 53.4 Å². The van der Waals surface area contributed by atoms with E-state index in [0.29, 0.717) is 0 Å². The van der Waals surface area contributed by atoms with Gasteiger partial charge in [-0.1, -0.05) is 0 Å². The summed E-state index contributed by atoms with van der Waals surface area (Å²) in [6.07, 6.45) is 4.79. The molecule has 0 radical (unpaired) electrons. The van der Waals surface area contributed by atoms with Crippen molar-refractivity contribution in [3.63, 3.8) is 0 Å². The maximum absolute atomic E-state index is 13.1. The monoisotopic (exact) mass is 478 g/mol. The second-order valence-electron chi connectivity index (χ2n) is 9.97. The highest BCUT2D eigenvalue weighted by atomic mass is 32.2. The standard InChI is InChI=1S/C27H34N4O2S/c1-29-15-17-30(18-16-29)22-7-3-20(4-8-22)26(33)31-13-11-27(12-14-31)19-24(27)25(32)28-21-5-9-23(34-2)10-6-21/h3-10,24H,11-19H2,1-2H3,(H,28,32)/t24-/m0/s1. The number of piperazine rings is 1. The van der Waals surface area contributed by atoms with Crippen LogP contribution in [0.3, 0.4) is 0 Å². The highest BCUT2D eigenvalue weighted by Gasteiger charge is 2.58. The van der Waals surface area contributed by atoms with E-state index >= 15 is 0 Å². The van der Waals surface area contributed by atoms with Crippen molar-refractivity contribution < 1.29 is 9.59 Å². The summed E-state index contributed by atoms with van der Waals surface area (Å²) in [5.41, 5.74) is 2.88. The summed E-state index contributed by atoms with van der Waals surface area (Å²) in [5.74, 6) is 0.291. The predicted octanol–water partition coefficient (Wildman–Crippen LogP) is 4.04. The number of nitrogens with one attached hydrogen (secondary N) is 1. The average molecular weight is 479 g/mol. The van der Waals surface area contributed by atoms with Gasteiger partial charge in [-0.05, 0) is 86.5 Å². The molecule has 180 valence electrons. The molecule has 7 heteroatoms. The molecule has 1 N–H and O–H groups in total. The number of likely N-dealkylation sites (N-methyl/N-ethyl adjacent to an activating group) is 1. The summed E-state index contributed by atoms with van der Waals surface area (Å²) in [6, 6.07) is 16.1. The molecule has 6 nitrogen and oxygen atoms in total. The molecule has 2 aliphatic heterocycles. The van der Waals surface area contributed by atoms with Gasteiger partial charge in [-0.2, -0.15) is 0 Å². The number of anilines is 2. The average Bonchev–Trinajstić information content (AvgIpc) is 3.58. The molecule has 34 heavy (non-hydrogen) atoms. The second-order valence-corrected chi connectivity index (χ2v) is 10.8. The molecule has 3 fully saturated rings. The van der Waals surface area contributed by atoms with Gasteiger partial charge in [-0.25, -0.2) is 0 Å². The van der Waals surface area contributed by atoms with E-state index in [0.717, 1.165) is 69.8 Å². The minimum atomic E-state index is 0.0628. The van der Waals surface area contributed by atoms with Crippen molar-refractivity contribution >= 4 is 35.0 Å².